The van der Waals surface area contributed by atoms with Gasteiger partial charge < -0.3 is 5.32 Å². The van der Waals surface area contributed by atoms with E-state index in [0.29, 0.717) is 12.1 Å². The van der Waals surface area contributed by atoms with Gasteiger partial charge in [0.2, 0.25) is 0 Å². The topological polar surface area (TPSA) is 29.9 Å². The van der Waals surface area contributed by atoms with Crippen molar-refractivity contribution in [3.63, 3.8) is 0 Å². The van der Waals surface area contributed by atoms with Gasteiger partial charge in [-0.15, -0.1) is 11.3 Å². The number of aromatic nitrogens is 2. The Balaban J connectivity index is 1.88. The third kappa shape index (κ3) is 3.43. The molecule has 0 aliphatic heterocycles. The summed E-state index contributed by atoms with van der Waals surface area (Å²) in [5, 5.41) is 7.85. The van der Waals surface area contributed by atoms with Gasteiger partial charge in [-0.05, 0) is 38.5 Å². The molecule has 18 heavy (non-hydrogen) atoms. The van der Waals surface area contributed by atoms with Crippen LogP contribution in [0.15, 0.2) is 30.6 Å². The van der Waals surface area contributed by atoms with Crippen molar-refractivity contribution < 1.29 is 0 Å². The van der Waals surface area contributed by atoms with Crippen LogP contribution in [-0.4, -0.2) is 15.8 Å². The van der Waals surface area contributed by atoms with Gasteiger partial charge in [0.25, 0.3) is 0 Å². The zero-order valence-electron chi connectivity index (χ0n) is 11.3. The molecule has 0 amide bonds. The molecule has 0 saturated carbocycles. The summed E-state index contributed by atoms with van der Waals surface area (Å²) >= 11 is 1.91. The predicted molar refractivity (Wildman–Crippen MR) is 76.9 cm³/mol. The number of aryl methyl sites for hydroxylation is 1. The lowest BCUT2D eigenvalue weighted by Crippen LogP contribution is -2.32. The number of thiophene rings is 1. The zero-order valence-corrected chi connectivity index (χ0v) is 12.1. The second kappa shape index (κ2) is 6.16. The van der Waals surface area contributed by atoms with Gasteiger partial charge in [-0.3, -0.25) is 4.68 Å². The van der Waals surface area contributed by atoms with Gasteiger partial charge in [0.05, 0.1) is 6.54 Å². The van der Waals surface area contributed by atoms with E-state index in [4.69, 9.17) is 0 Å². The monoisotopic (exact) mass is 263 g/mol. The van der Waals surface area contributed by atoms with Crippen LogP contribution in [0.4, 0.5) is 0 Å². The van der Waals surface area contributed by atoms with E-state index in [1.807, 2.05) is 34.5 Å². The molecule has 2 atom stereocenters. The van der Waals surface area contributed by atoms with Crippen LogP contribution in [0.5, 0.6) is 0 Å². The summed E-state index contributed by atoms with van der Waals surface area (Å²) in [6, 6.07) is 7.24. The Kier molecular flexibility index (Phi) is 4.55. The summed E-state index contributed by atoms with van der Waals surface area (Å²) in [7, 11) is 0. The largest absolute Gasteiger partial charge is 0.305 e. The van der Waals surface area contributed by atoms with E-state index in [1.165, 1.54) is 9.75 Å². The Hall–Kier alpha value is -1.13. The molecule has 0 fully saturated rings. The van der Waals surface area contributed by atoms with Crippen molar-refractivity contribution in [3.8, 4) is 0 Å². The van der Waals surface area contributed by atoms with Gasteiger partial charge in [0, 0.05) is 34.2 Å². The molecule has 4 heteroatoms. The highest BCUT2D eigenvalue weighted by molar-refractivity contribution is 7.12. The number of nitrogens with one attached hydrogen (secondary N) is 1. The van der Waals surface area contributed by atoms with Crippen molar-refractivity contribution in [2.24, 2.45) is 0 Å². The summed E-state index contributed by atoms with van der Waals surface area (Å²) in [4.78, 5) is 2.87. The molecule has 1 N–H and O–H groups in total. The van der Waals surface area contributed by atoms with Crippen LogP contribution in [0, 0.1) is 0 Å². The minimum absolute atomic E-state index is 0.404. The van der Waals surface area contributed by atoms with Crippen LogP contribution >= 0.6 is 11.3 Å². The second-order valence-electron chi connectivity index (χ2n) is 4.68. The molecule has 2 heterocycles. The van der Waals surface area contributed by atoms with Gasteiger partial charge in [-0.25, -0.2) is 0 Å². The minimum atomic E-state index is 0.404. The summed E-state index contributed by atoms with van der Waals surface area (Å²) in [5.74, 6) is 0. The zero-order chi connectivity index (χ0) is 13.0. The maximum absolute atomic E-state index is 4.23. The third-order valence-corrected chi connectivity index (χ3v) is 4.42. The molecule has 2 aromatic heterocycles. The summed E-state index contributed by atoms with van der Waals surface area (Å²) in [5.41, 5.74) is 0. The van der Waals surface area contributed by atoms with E-state index in [-0.39, 0.29) is 0 Å². The summed E-state index contributed by atoms with van der Waals surface area (Å²) in [6.07, 6.45) is 4.95. The Morgan fingerprint density at radius 3 is 2.83 bits per heavy atom. The smallest absolute Gasteiger partial charge is 0.0560 e. The SMILES string of the molecule is CCc1ccc(C(C)NC(C)Cn2cccn2)s1. The van der Waals surface area contributed by atoms with E-state index in [0.717, 1.165) is 13.0 Å². The quantitative estimate of drug-likeness (QED) is 0.867. The Labute approximate surface area is 113 Å². The predicted octanol–water partition coefficient (Wildman–Crippen LogP) is 3.25. The molecule has 0 bridgehead atoms. The first-order chi connectivity index (χ1) is 8.69. The van der Waals surface area contributed by atoms with Crippen molar-refractivity contribution >= 4 is 11.3 Å². The number of hydrogen-bond donors (Lipinski definition) is 1. The minimum Gasteiger partial charge on any atom is -0.305 e. The van der Waals surface area contributed by atoms with E-state index in [2.05, 4.69) is 43.3 Å². The normalized spacial score (nSPS) is 14.6. The fourth-order valence-electron chi connectivity index (χ4n) is 2.07. The van der Waals surface area contributed by atoms with E-state index in [1.54, 1.807) is 0 Å². The molecule has 0 saturated heterocycles. The highest BCUT2D eigenvalue weighted by Gasteiger charge is 2.11. The average Bonchev–Trinajstić information content (AvgIpc) is 2.98. The van der Waals surface area contributed by atoms with Crippen LogP contribution in [0.3, 0.4) is 0 Å². The molecular formula is C14H21N3S. The first-order valence-corrected chi connectivity index (χ1v) is 7.32. The van der Waals surface area contributed by atoms with Crippen molar-refractivity contribution in [1.29, 1.82) is 0 Å². The van der Waals surface area contributed by atoms with Crippen molar-refractivity contribution in [1.82, 2.24) is 15.1 Å². The van der Waals surface area contributed by atoms with Crippen LogP contribution in [0.2, 0.25) is 0 Å². The van der Waals surface area contributed by atoms with Crippen LogP contribution in [0.25, 0.3) is 0 Å². The highest BCUT2D eigenvalue weighted by Crippen LogP contribution is 2.23. The lowest BCUT2D eigenvalue weighted by Gasteiger charge is -2.19. The number of nitrogens with zero attached hydrogens (tertiary/aromatic N) is 2. The maximum atomic E-state index is 4.23. The second-order valence-corrected chi connectivity index (χ2v) is 5.88. The first kappa shape index (κ1) is 13.3. The Morgan fingerprint density at radius 2 is 2.22 bits per heavy atom. The van der Waals surface area contributed by atoms with E-state index >= 15 is 0 Å². The third-order valence-electron chi connectivity index (χ3n) is 3.01. The molecule has 0 aromatic carbocycles. The lowest BCUT2D eigenvalue weighted by molar-refractivity contribution is 0.415. The van der Waals surface area contributed by atoms with Gasteiger partial charge in [-0.1, -0.05) is 6.92 Å². The Bertz CT molecular complexity index is 461. The number of hydrogen-bond acceptors (Lipinski definition) is 3. The van der Waals surface area contributed by atoms with Gasteiger partial charge in [0.1, 0.15) is 0 Å². The maximum Gasteiger partial charge on any atom is 0.0560 e. The first-order valence-electron chi connectivity index (χ1n) is 6.51. The van der Waals surface area contributed by atoms with Gasteiger partial charge in [0.15, 0.2) is 0 Å². The number of rotatable bonds is 6. The fraction of sp³-hybridized carbons (Fsp3) is 0.500. The van der Waals surface area contributed by atoms with E-state index < -0.39 is 0 Å². The van der Waals surface area contributed by atoms with Gasteiger partial charge >= 0.3 is 0 Å². The van der Waals surface area contributed by atoms with Crippen LogP contribution in [-0.2, 0) is 13.0 Å². The Morgan fingerprint density at radius 1 is 1.39 bits per heavy atom. The fourth-order valence-corrected chi connectivity index (χ4v) is 3.03. The molecule has 0 aliphatic carbocycles. The summed E-state index contributed by atoms with van der Waals surface area (Å²) < 4.78 is 1.97. The van der Waals surface area contributed by atoms with Gasteiger partial charge in [-0.2, -0.15) is 5.10 Å². The molecular weight excluding hydrogens is 242 g/mol. The van der Waals surface area contributed by atoms with E-state index in [9.17, 15) is 0 Å². The molecule has 2 rings (SSSR count). The van der Waals surface area contributed by atoms with Crippen LogP contribution in [0.1, 0.15) is 36.6 Å². The van der Waals surface area contributed by atoms with Crippen molar-refractivity contribution in [2.75, 3.05) is 0 Å². The van der Waals surface area contributed by atoms with Crippen LogP contribution < -0.4 is 5.32 Å². The molecule has 2 unspecified atom stereocenters. The molecule has 0 aliphatic rings. The average molecular weight is 263 g/mol. The molecule has 3 nitrogen and oxygen atoms in total. The highest BCUT2D eigenvalue weighted by atomic mass is 32.1. The molecule has 0 spiro atoms. The molecule has 2 aromatic rings. The molecule has 0 radical (unpaired) electrons. The van der Waals surface area contributed by atoms with Crippen molar-refractivity contribution in [2.45, 2.75) is 45.8 Å². The summed E-state index contributed by atoms with van der Waals surface area (Å²) in [6.45, 7) is 7.54. The molecule has 98 valence electrons. The van der Waals surface area contributed by atoms with Crippen molar-refractivity contribution in [3.05, 3.63) is 40.3 Å². The lowest BCUT2D eigenvalue weighted by atomic mass is 10.2. The standard InChI is InChI=1S/C14H21N3S/c1-4-13-6-7-14(18-13)12(3)16-11(2)10-17-9-5-8-15-17/h5-9,11-12,16H,4,10H2,1-3H3.